The molecule has 132 valence electrons. The lowest BCUT2D eigenvalue weighted by molar-refractivity contribution is 0.318. The zero-order chi connectivity index (χ0) is 17.7. The van der Waals surface area contributed by atoms with Crippen LogP contribution in [0.4, 0.5) is 0 Å². The molecule has 24 heavy (non-hydrogen) atoms. The molecule has 0 saturated carbocycles. The number of furan rings is 1. The molecule has 2 aromatic heterocycles. The van der Waals surface area contributed by atoms with Gasteiger partial charge in [-0.3, -0.25) is 0 Å². The fourth-order valence-electron chi connectivity index (χ4n) is 2.05. The highest BCUT2D eigenvalue weighted by Gasteiger charge is 2.21. The molecule has 0 amide bonds. The van der Waals surface area contributed by atoms with Gasteiger partial charge in [-0.2, -0.15) is 4.98 Å². The fourth-order valence-corrected chi connectivity index (χ4v) is 2.05. The Balaban J connectivity index is 2.03. The van der Waals surface area contributed by atoms with Crippen LogP contribution in [-0.2, 0) is 12.0 Å². The van der Waals surface area contributed by atoms with Gasteiger partial charge in [0.15, 0.2) is 11.8 Å². The predicted octanol–water partition coefficient (Wildman–Crippen LogP) is 3.08. The molecule has 1 atom stereocenters. The molecular weight excluding hydrogens is 306 g/mol. The second-order valence-electron chi connectivity index (χ2n) is 6.78. The monoisotopic (exact) mass is 333 g/mol. The van der Waals surface area contributed by atoms with Gasteiger partial charge in [0.05, 0.1) is 6.04 Å². The number of hydrogen-bond acceptors (Lipinski definition) is 5. The molecule has 2 aromatic rings. The molecule has 2 heterocycles. The Labute approximate surface area is 142 Å². The molecule has 7 nitrogen and oxygen atoms in total. The van der Waals surface area contributed by atoms with E-state index >= 15 is 0 Å². The first-order valence-corrected chi connectivity index (χ1v) is 8.24. The third-order valence-corrected chi connectivity index (χ3v) is 3.37. The molecular formula is C17H27N5O2. The topological polar surface area (TPSA) is 88.5 Å². The van der Waals surface area contributed by atoms with Gasteiger partial charge in [-0.05, 0) is 32.9 Å². The molecule has 1 unspecified atom stereocenters. The van der Waals surface area contributed by atoms with E-state index in [0.29, 0.717) is 24.2 Å². The maximum atomic E-state index is 5.64. The quantitative estimate of drug-likeness (QED) is 0.646. The van der Waals surface area contributed by atoms with Gasteiger partial charge in [-0.1, -0.05) is 25.9 Å². The Kier molecular flexibility index (Phi) is 5.64. The molecule has 0 saturated heterocycles. The third kappa shape index (κ3) is 4.84. The fraction of sp³-hybridized carbons (Fsp3) is 0.588. The van der Waals surface area contributed by atoms with Gasteiger partial charge in [0.2, 0.25) is 5.89 Å². The first-order valence-electron chi connectivity index (χ1n) is 8.24. The van der Waals surface area contributed by atoms with Gasteiger partial charge in [0, 0.05) is 12.0 Å². The van der Waals surface area contributed by atoms with Crippen molar-refractivity contribution < 1.29 is 8.94 Å². The Bertz CT molecular complexity index is 681. The predicted molar refractivity (Wildman–Crippen MR) is 92.8 cm³/mol. The van der Waals surface area contributed by atoms with Crippen molar-refractivity contribution in [2.45, 2.75) is 59.5 Å². The molecule has 0 aliphatic carbocycles. The number of guanidine groups is 1. The van der Waals surface area contributed by atoms with Crippen molar-refractivity contribution in [2.75, 3.05) is 6.54 Å². The molecule has 0 bridgehead atoms. The Morgan fingerprint density at radius 3 is 2.62 bits per heavy atom. The summed E-state index contributed by atoms with van der Waals surface area (Å²) in [6, 6.07) is 3.92. The zero-order valence-electron chi connectivity index (χ0n) is 15.3. The number of hydrogen-bond donors (Lipinski definition) is 2. The van der Waals surface area contributed by atoms with E-state index in [-0.39, 0.29) is 11.5 Å². The highest BCUT2D eigenvalue weighted by Crippen LogP contribution is 2.19. The summed E-state index contributed by atoms with van der Waals surface area (Å²) in [5, 5.41) is 10.5. The van der Waals surface area contributed by atoms with Crippen molar-refractivity contribution in [3.63, 3.8) is 0 Å². The van der Waals surface area contributed by atoms with Crippen molar-refractivity contribution >= 4 is 5.96 Å². The first kappa shape index (κ1) is 18.0. The van der Waals surface area contributed by atoms with Crippen LogP contribution in [0.3, 0.4) is 0 Å². The minimum absolute atomic E-state index is 0.00639. The summed E-state index contributed by atoms with van der Waals surface area (Å²) in [6.07, 6.45) is 0. The molecule has 0 radical (unpaired) electrons. The summed E-state index contributed by atoms with van der Waals surface area (Å²) < 4.78 is 10.9. The maximum Gasteiger partial charge on any atom is 0.232 e. The SMILES string of the molecule is CCNC(=NCc1noc(C(C)(C)C)n1)NC(C)c1ccc(C)o1. The molecule has 2 rings (SSSR count). The summed E-state index contributed by atoms with van der Waals surface area (Å²) >= 11 is 0. The molecule has 0 aliphatic rings. The van der Waals surface area contributed by atoms with Crippen LogP contribution in [0.15, 0.2) is 26.1 Å². The van der Waals surface area contributed by atoms with Crippen LogP contribution in [0.2, 0.25) is 0 Å². The number of aromatic nitrogens is 2. The lowest BCUT2D eigenvalue weighted by Gasteiger charge is -2.15. The number of nitrogens with zero attached hydrogens (tertiary/aromatic N) is 3. The molecule has 7 heteroatoms. The first-order chi connectivity index (χ1) is 11.3. The number of aliphatic imine (C=N–C) groups is 1. The second-order valence-corrected chi connectivity index (χ2v) is 6.78. The van der Waals surface area contributed by atoms with Crippen molar-refractivity contribution in [3.05, 3.63) is 35.4 Å². The minimum atomic E-state index is -0.163. The maximum absolute atomic E-state index is 5.64. The van der Waals surface area contributed by atoms with Gasteiger partial charge in [-0.25, -0.2) is 4.99 Å². The van der Waals surface area contributed by atoms with E-state index in [1.54, 1.807) is 0 Å². The lowest BCUT2D eigenvalue weighted by Crippen LogP contribution is -2.38. The van der Waals surface area contributed by atoms with Crippen LogP contribution in [0.1, 0.15) is 63.9 Å². The highest BCUT2D eigenvalue weighted by molar-refractivity contribution is 5.80. The molecule has 2 N–H and O–H groups in total. The van der Waals surface area contributed by atoms with E-state index in [1.165, 1.54) is 0 Å². The van der Waals surface area contributed by atoms with Crippen molar-refractivity contribution in [3.8, 4) is 0 Å². The van der Waals surface area contributed by atoms with Crippen molar-refractivity contribution in [2.24, 2.45) is 4.99 Å². The van der Waals surface area contributed by atoms with Crippen LogP contribution in [0.5, 0.6) is 0 Å². The molecule has 0 spiro atoms. The molecule has 0 aliphatic heterocycles. The highest BCUT2D eigenvalue weighted by atomic mass is 16.5. The van der Waals surface area contributed by atoms with Gasteiger partial charge in [-0.15, -0.1) is 0 Å². The van der Waals surface area contributed by atoms with E-state index < -0.39 is 0 Å². The number of aryl methyl sites for hydroxylation is 1. The summed E-state index contributed by atoms with van der Waals surface area (Å²) in [5.74, 6) is 3.62. The van der Waals surface area contributed by atoms with Crippen LogP contribution < -0.4 is 10.6 Å². The van der Waals surface area contributed by atoms with Gasteiger partial charge >= 0.3 is 0 Å². The van der Waals surface area contributed by atoms with E-state index in [4.69, 9.17) is 8.94 Å². The van der Waals surface area contributed by atoms with E-state index in [0.717, 1.165) is 18.1 Å². The molecule has 0 fully saturated rings. The van der Waals surface area contributed by atoms with Crippen LogP contribution >= 0.6 is 0 Å². The standard InChI is InChI=1S/C17H27N5O2/c1-7-18-16(20-12(3)13-9-8-11(2)23-13)19-10-14-21-15(24-22-14)17(4,5)6/h8-9,12H,7,10H2,1-6H3,(H2,18,19,20). The average Bonchev–Trinajstić information content (AvgIpc) is 3.13. The van der Waals surface area contributed by atoms with Crippen LogP contribution in [0, 0.1) is 6.92 Å². The van der Waals surface area contributed by atoms with Gasteiger partial charge < -0.3 is 19.6 Å². The van der Waals surface area contributed by atoms with E-state index in [2.05, 4.69) is 25.8 Å². The third-order valence-electron chi connectivity index (χ3n) is 3.37. The smallest absolute Gasteiger partial charge is 0.232 e. The average molecular weight is 333 g/mol. The van der Waals surface area contributed by atoms with E-state index in [9.17, 15) is 0 Å². The Morgan fingerprint density at radius 1 is 1.33 bits per heavy atom. The summed E-state index contributed by atoms with van der Waals surface area (Å²) in [6.45, 7) is 13.2. The van der Waals surface area contributed by atoms with Crippen molar-refractivity contribution in [1.82, 2.24) is 20.8 Å². The van der Waals surface area contributed by atoms with Crippen LogP contribution in [0.25, 0.3) is 0 Å². The van der Waals surface area contributed by atoms with Gasteiger partial charge in [0.1, 0.15) is 18.1 Å². The van der Waals surface area contributed by atoms with Crippen molar-refractivity contribution in [1.29, 1.82) is 0 Å². The van der Waals surface area contributed by atoms with Crippen LogP contribution in [-0.4, -0.2) is 22.6 Å². The number of nitrogens with one attached hydrogen (secondary N) is 2. The number of rotatable bonds is 5. The Morgan fingerprint density at radius 2 is 2.08 bits per heavy atom. The summed E-state index contributed by atoms with van der Waals surface area (Å²) in [7, 11) is 0. The Hall–Kier alpha value is -2.31. The lowest BCUT2D eigenvalue weighted by atomic mass is 9.97. The normalized spacial score (nSPS) is 13.8. The summed E-state index contributed by atoms with van der Waals surface area (Å²) in [4.78, 5) is 8.91. The summed E-state index contributed by atoms with van der Waals surface area (Å²) in [5.41, 5.74) is -0.163. The van der Waals surface area contributed by atoms with E-state index in [1.807, 2.05) is 53.7 Å². The second kappa shape index (κ2) is 7.51. The molecule has 0 aromatic carbocycles. The zero-order valence-corrected chi connectivity index (χ0v) is 15.3. The van der Waals surface area contributed by atoms with Gasteiger partial charge in [0.25, 0.3) is 0 Å². The minimum Gasteiger partial charge on any atom is -0.464 e. The largest absolute Gasteiger partial charge is 0.464 e.